The molecule has 1 aromatic heterocycles. The number of aryl methyl sites for hydroxylation is 1. The Morgan fingerprint density at radius 3 is 2.80 bits per heavy atom. The van der Waals surface area contributed by atoms with Crippen molar-refractivity contribution in [3.63, 3.8) is 0 Å². The predicted octanol–water partition coefficient (Wildman–Crippen LogP) is 2.02. The molecular formula is C10H10FN3O. The van der Waals surface area contributed by atoms with Crippen LogP contribution in [0.25, 0.3) is 11.5 Å². The summed E-state index contributed by atoms with van der Waals surface area (Å²) in [6, 6.07) is 4.34. The summed E-state index contributed by atoms with van der Waals surface area (Å²) in [6.07, 6.45) is 0.629. The van der Waals surface area contributed by atoms with Gasteiger partial charge in [-0.2, -0.15) is 0 Å². The number of hydrogen-bond donors (Lipinski definition) is 1. The van der Waals surface area contributed by atoms with Crippen LogP contribution >= 0.6 is 0 Å². The zero-order valence-corrected chi connectivity index (χ0v) is 8.20. The second-order valence-corrected chi connectivity index (χ2v) is 3.09. The summed E-state index contributed by atoms with van der Waals surface area (Å²) >= 11 is 0. The normalized spacial score (nSPS) is 10.5. The number of nitrogen functional groups attached to an aromatic ring is 1. The quantitative estimate of drug-likeness (QED) is 0.765. The van der Waals surface area contributed by atoms with Gasteiger partial charge in [0.15, 0.2) is 0 Å². The first-order chi connectivity index (χ1) is 7.20. The molecule has 5 heteroatoms. The first-order valence-electron chi connectivity index (χ1n) is 4.58. The lowest BCUT2D eigenvalue weighted by molar-refractivity contribution is 0.508. The molecule has 15 heavy (non-hydrogen) atoms. The number of nitrogens with zero attached hydrogens (tertiary/aromatic N) is 2. The van der Waals surface area contributed by atoms with Crippen molar-refractivity contribution in [3.8, 4) is 11.5 Å². The molecule has 2 aromatic rings. The van der Waals surface area contributed by atoms with Gasteiger partial charge < -0.3 is 10.2 Å². The largest absolute Gasteiger partial charge is 0.421 e. The molecule has 0 amide bonds. The van der Waals surface area contributed by atoms with E-state index >= 15 is 0 Å². The van der Waals surface area contributed by atoms with Crippen molar-refractivity contribution in [2.45, 2.75) is 13.3 Å². The smallest absolute Gasteiger partial charge is 0.250 e. The molecule has 0 bridgehead atoms. The van der Waals surface area contributed by atoms with Gasteiger partial charge in [0, 0.05) is 12.1 Å². The molecule has 0 aliphatic carbocycles. The van der Waals surface area contributed by atoms with Crippen molar-refractivity contribution < 1.29 is 8.81 Å². The summed E-state index contributed by atoms with van der Waals surface area (Å²) in [6.45, 7) is 1.89. The zero-order chi connectivity index (χ0) is 10.8. The molecular weight excluding hydrogens is 197 g/mol. The van der Waals surface area contributed by atoms with E-state index in [1.165, 1.54) is 12.1 Å². The number of nitrogens with two attached hydrogens (primary N) is 1. The molecule has 0 spiro atoms. The van der Waals surface area contributed by atoms with Gasteiger partial charge in [0.05, 0.1) is 5.56 Å². The van der Waals surface area contributed by atoms with Crippen molar-refractivity contribution in [1.29, 1.82) is 0 Å². The molecule has 0 saturated heterocycles. The maximum absolute atomic E-state index is 13.4. The Balaban J connectivity index is 2.44. The van der Waals surface area contributed by atoms with Gasteiger partial charge in [0.25, 0.3) is 5.89 Å². The summed E-state index contributed by atoms with van der Waals surface area (Å²) in [5.41, 5.74) is 6.07. The average molecular weight is 207 g/mol. The highest BCUT2D eigenvalue weighted by Crippen LogP contribution is 2.23. The molecule has 1 aromatic carbocycles. The van der Waals surface area contributed by atoms with Crippen LogP contribution in [-0.2, 0) is 6.42 Å². The van der Waals surface area contributed by atoms with E-state index in [9.17, 15) is 4.39 Å². The van der Waals surface area contributed by atoms with Crippen molar-refractivity contribution in [3.05, 3.63) is 29.9 Å². The highest BCUT2D eigenvalue weighted by Gasteiger charge is 2.11. The number of halogens is 1. The first-order valence-corrected chi connectivity index (χ1v) is 4.58. The van der Waals surface area contributed by atoms with Gasteiger partial charge in [0.2, 0.25) is 5.89 Å². The molecule has 0 atom stereocenters. The molecule has 0 aliphatic heterocycles. The summed E-state index contributed by atoms with van der Waals surface area (Å²) in [7, 11) is 0. The third-order valence-corrected chi connectivity index (χ3v) is 1.99. The van der Waals surface area contributed by atoms with E-state index in [0.29, 0.717) is 18.0 Å². The third kappa shape index (κ3) is 1.81. The SMILES string of the molecule is CCc1nnc(-c2ccc(N)cc2F)o1. The van der Waals surface area contributed by atoms with Crippen LogP contribution in [0.4, 0.5) is 10.1 Å². The molecule has 78 valence electrons. The van der Waals surface area contributed by atoms with Crippen molar-refractivity contribution in [1.82, 2.24) is 10.2 Å². The highest BCUT2D eigenvalue weighted by atomic mass is 19.1. The summed E-state index contributed by atoms with van der Waals surface area (Å²) in [5.74, 6) is 0.215. The van der Waals surface area contributed by atoms with Crippen LogP contribution in [0.1, 0.15) is 12.8 Å². The lowest BCUT2D eigenvalue weighted by atomic mass is 10.2. The monoisotopic (exact) mass is 207 g/mol. The van der Waals surface area contributed by atoms with Crippen molar-refractivity contribution >= 4 is 5.69 Å². The van der Waals surface area contributed by atoms with Gasteiger partial charge in [-0.25, -0.2) is 4.39 Å². The van der Waals surface area contributed by atoms with Crippen LogP contribution in [0.3, 0.4) is 0 Å². The van der Waals surface area contributed by atoms with Crippen LogP contribution in [0.15, 0.2) is 22.6 Å². The number of hydrogen-bond acceptors (Lipinski definition) is 4. The zero-order valence-electron chi connectivity index (χ0n) is 8.20. The fourth-order valence-electron chi connectivity index (χ4n) is 1.21. The van der Waals surface area contributed by atoms with Crippen LogP contribution < -0.4 is 5.73 Å². The molecule has 4 nitrogen and oxygen atoms in total. The molecule has 2 N–H and O–H groups in total. The summed E-state index contributed by atoms with van der Waals surface area (Å²) < 4.78 is 18.7. The molecule has 2 rings (SSSR count). The fraction of sp³-hybridized carbons (Fsp3) is 0.200. The van der Waals surface area contributed by atoms with Crippen LogP contribution in [0.2, 0.25) is 0 Å². The molecule has 0 aliphatic rings. The minimum Gasteiger partial charge on any atom is -0.421 e. The predicted molar refractivity (Wildman–Crippen MR) is 53.5 cm³/mol. The van der Waals surface area contributed by atoms with Crippen molar-refractivity contribution in [2.24, 2.45) is 0 Å². The molecule has 0 unspecified atom stereocenters. The van der Waals surface area contributed by atoms with E-state index in [-0.39, 0.29) is 11.5 Å². The van der Waals surface area contributed by atoms with Crippen LogP contribution in [0, 0.1) is 5.82 Å². The van der Waals surface area contributed by atoms with Gasteiger partial charge >= 0.3 is 0 Å². The topological polar surface area (TPSA) is 64.9 Å². The van der Waals surface area contributed by atoms with Gasteiger partial charge in [-0.1, -0.05) is 6.92 Å². The van der Waals surface area contributed by atoms with E-state index in [4.69, 9.17) is 10.2 Å². The maximum Gasteiger partial charge on any atom is 0.250 e. The Labute approximate surface area is 85.9 Å². The lowest BCUT2D eigenvalue weighted by Crippen LogP contribution is -1.89. The fourth-order valence-corrected chi connectivity index (χ4v) is 1.21. The second kappa shape index (κ2) is 3.68. The minimum absolute atomic E-state index is 0.185. The van der Waals surface area contributed by atoms with Gasteiger partial charge in [0.1, 0.15) is 5.82 Å². The van der Waals surface area contributed by atoms with Crippen LogP contribution in [0.5, 0.6) is 0 Å². The van der Waals surface area contributed by atoms with E-state index < -0.39 is 5.82 Å². The Kier molecular flexibility index (Phi) is 2.37. The first kappa shape index (κ1) is 9.64. The van der Waals surface area contributed by atoms with E-state index in [1.54, 1.807) is 6.07 Å². The van der Waals surface area contributed by atoms with Gasteiger partial charge in [-0.05, 0) is 18.2 Å². The number of benzene rings is 1. The maximum atomic E-state index is 13.4. The summed E-state index contributed by atoms with van der Waals surface area (Å²) in [5, 5.41) is 7.51. The molecule has 1 heterocycles. The van der Waals surface area contributed by atoms with Crippen LogP contribution in [-0.4, -0.2) is 10.2 Å². The molecule has 0 saturated carbocycles. The van der Waals surface area contributed by atoms with E-state index in [0.717, 1.165) is 0 Å². The molecule has 0 radical (unpaired) electrons. The third-order valence-electron chi connectivity index (χ3n) is 1.99. The number of rotatable bonds is 2. The van der Waals surface area contributed by atoms with E-state index in [2.05, 4.69) is 10.2 Å². The Morgan fingerprint density at radius 1 is 1.40 bits per heavy atom. The Hall–Kier alpha value is -1.91. The van der Waals surface area contributed by atoms with Crippen molar-refractivity contribution in [2.75, 3.05) is 5.73 Å². The second-order valence-electron chi connectivity index (χ2n) is 3.09. The minimum atomic E-state index is -0.457. The van der Waals surface area contributed by atoms with Gasteiger partial charge in [-0.3, -0.25) is 0 Å². The number of anilines is 1. The summed E-state index contributed by atoms with van der Waals surface area (Å²) in [4.78, 5) is 0. The Bertz CT molecular complexity index is 481. The average Bonchev–Trinajstić information content (AvgIpc) is 2.66. The molecule has 0 fully saturated rings. The van der Waals surface area contributed by atoms with Gasteiger partial charge in [-0.15, -0.1) is 10.2 Å². The Morgan fingerprint density at radius 2 is 2.20 bits per heavy atom. The highest BCUT2D eigenvalue weighted by molar-refractivity contribution is 5.57. The standard InChI is InChI=1S/C10H10FN3O/c1-2-9-13-14-10(15-9)7-4-3-6(12)5-8(7)11/h3-5H,2,12H2,1H3. The lowest BCUT2D eigenvalue weighted by Gasteiger charge is -1.98. The number of aromatic nitrogens is 2. The van der Waals surface area contributed by atoms with E-state index in [1.807, 2.05) is 6.92 Å².